The van der Waals surface area contributed by atoms with E-state index < -0.39 is 21.0 Å². The van der Waals surface area contributed by atoms with Gasteiger partial charge in [0.1, 0.15) is 5.75 Å². The zero-order valence-corrected chi connectivity index (χ0v) is 15.2. The number of benzene rings is 1. The van der Waals surface area contributed by atoms with E-state index in [0.29, 0.717) is 25.3 Å². The van der Waals surface area contributed by atoms with E-state index in [4.69, 9.17) is 4.74 Å². The van der Waals surface area contributed by atoms with Gasteiger partial charge in [0, 0.05) is 38.0 Å². The van der Waals surface area contributed by atoms with Gasteiger partial charge in [0.15, 0.2) is 9.84 Å². The molecule has 0 N–H and O–H groups in total. The molecule has 1 aromatic rings. The van der Waals surface area contributed by atoms with Crippen molar-refractivity contribution >= 4 is 27.3 Å². The summed E-state index contributed by atoms with van der Waals surface area (Å²) in [5.41, 5.74) is 0.733. The van der Waals surface area contributed by atoms with Crippen LogP contribution >= 0.6 is 0 Å². The summed E-state index contributed by atoms with van der Waals surface area (Å²) in [5.74, 6) is 0.0534. The Bertz CT molecular complexity index is 775. The van der Waals surface area contributed by atoms with Gasteiger partial charge in [0.05, 0.1) is 18.3 Å². The number of ether oxygens (including phenoxy) is 1. The summed E-state index contributed by atoms with van der Waals surface area (Å²) in [4.78, 5) is 28.2. The molecular formula is C17H22N2O5S. The topological polar surface area (TPSA) is 84.0 Å². The van der Waals surface area contributed by atoms with E-state index in [9.17, 15) is 18.0 Å². The third-order valence-corrected chi connectivity index (χ3v) is 6.52. The number of hydrogen-bond donors (Lipinski definition) is 0. The number of carbonyl (C=O) groups excluding carboxylic acids is 2. The van der Waals surface area contributed by atoms with Crippen molar-refractivity contribution in [1.29, 1.82) is 0 Å². The Hall–Kier alpha value is -2.09. The van der Waals surface area contributed by atoms with Crippen molar-refractivity contribution in [1.82, 2.24) is 4.90 Å². The van der Waals surface area contributed by atoms with Crippen LogP contribution in [0.25, 0.3) is 0 Å². The molecule has 136 valence electrons. The van der Waals surface area contributed by atoms with Crippen molar-refractivity contribution in [2.24, 2.45) is 5.92 Å². The fourth-order valence-corrected chi connectivity index (χ4v) is 4.41. The third-order valence-electron chi connectivity index (χ3n) is 4.92. The summed E-state index contributed by atoms with van der Waals surface area (Å²) < 4.78 is 28.4. The number of carbonyl (C=O) groups is 2. The number of anilines is 1. The molecule has 2 aliphatic rings. The van der Waals surface area contributed by atoms with Gasteiger partial charge in [-0.25, -0.2) is 8.42 Å². The monoisotopic (exact) mass is 366 g/mol. The van der Waals surface area contributed by atoms with Crippen LogP contribution in [0.2, 0.25) is 0 Å². The average molecular weight is 366 g/mol. The molecule has 0 aromatic heterocycles. The van der Waals surface area contributed by atoms with Crippen molar-refractivity contribution in [3.63, 3.8) is 0 Å². The summed E-state index contributed by atoms with van der Waals surface area (Å²) in [6.07, 6.45) is 1.83. The third kappa shape index (κ3) is 3.63. The molecule has 1 aromatic carbocycles. The predicted octanol–water partition coefficient (Wildman–Crippen LogP) is 0.694. The van der Waals surface area contributed by atoms with Crippen LogP contribution in [0.15, 0.2) is 24.3 Å². The van der Waals surface area contributed by atoms with E-state index in [0.717, 1.165) is 5.69 Å². The Kier molecular flexibility index (Phi) is 4.73. The highest BCUT2D eigenvalue weighted by atomic mass is 32.2. The molecule has 2 fully saturated rings. The van der Waals surface area contributed by atoms with Gasteiger partial charge in [-0.3, -0.25) is 9.59 Å². The number of sulfone groups is 1. The molecule has 0 aliphatic carbocycles. The second-order valence-electron chi connectivity index (χ2n) is 6.63. The van der Waals surface area contributed by atoms with E-state index in [1.54, 1.807) is 41.2 Å². The molecule has 2 aliphatic heterocycles. The number of amides is 2. The van der Waals surface area contributed by atoms with Crippen LogP contribution in [-0.2, 0) is 19.4 Å². The van der Waals surface area contributed by atoms with Gasteiger partial charge >= 0.3 is 0 Å². The molecule has 2 amide bonds. The van der Waals surface area contributed by atoms with Crippen molar-refractivity contribution < 1.29 is 22.7 Å². The second-order valence-corrected chi connectivity index (χ2v) is 8.95. The average Bonchev–Trinajstić information content (AvgIpc) is 3.21. The minimum atomic E-state index is -3.15. The highest BCUT2D eigenvalue weighted by molar-refractivity contribution is 7.91. The first kappa shape index (κ1) is 17.7. The maximum Gasteiger partial charge on any atom is 0.228 e. The summed E-state index contributed by atoms with van der Waals surface area (Å²) in [7, 11) is -1.57. The van der Waals surface area contributed by atoms with E-state index in [2.05, 4.69) is 0 Å². The quantitative estimate of drug-likeness (QED) is 0.783. The predicted molar refractivity (Wildman–Crippen MR) is 93.3 cm³/mol. The Morgan fingerprint density at radius 2 is 1.88 bits per heavy atom. The van der Waals surface area contributed by atoms with Crippen LogP contribution in [0.1, 0.15) is 12.8 Å². The summed E-state index contributed by atoms with van der Waals surface area (Å²) in [5, 5.41) is -0.494. The van der Waals surface area contributed by atoms with E-state index in [1.165, 1.54) is 6.26 Å². The maximum absolute atomic E-state index is 12.7. The van der Waals surface area contributed by atoms with Gasteiger partial charge < -0.3 is 14.5 Å². The molecule has 0 spiro atoms. The Morgan fingerprint density at radius 3 is 2.44 bits per heavy atom. The lowest BCUT2D eigenvalue weighted by molar-refractivity contribution is -0.134. The molecule has 8 heteroatoms. The molecular weight excluding hydrogens is 344 g/mol. The van der Waals surface area contributed by atoms with Crippen LogP contribution < -0.4 is 9.64 Å². The maximum atomic E-state index is 12.7. The van der Waals surface area contributed by atoms with E-state index >= 15 is 0 Å². The molecule has 2 saturated heterocycles. The first-order valence-corrected chi connectivity index (χ1v) is 10.2. The lowest BCUT2D eigenvalue weighted by Gasteiger charge is -2.21. The van der Waals surface area contributed by atoms with Gasteiger partial charge in [-0.05, 0) is 30.7 Å². The lowest BCUT2D eigenvalue weighted by Crippen LogP contribution is -2.37. The SMILES string of the molecule is COc1ccc(N2CC(C(=O)N3CCC(S(C)(=O)=O)C3)CC2=O)cc1. The van der Waals surface area contributed by atoms with E-state index in [-0.39, 0.29) is 24.8 Å². The van der Waals surface area contributed by atoms with Gasteiger partial charge in [0.2, 0.25) is 11.8 Å². The van der Waals surface area contributed by atoms with Crippen molar-refractivity contribution in [2.45, 2.75) is 18.1 Å². The number of likely N-dealkylation sites (tertiary alicyclic amines) is 1. The number of rotatable bonds is 4. The van der Waals surface area contributed by atoms with Crippen LogP contribution in [0, 0.1) is 5.92 Å². The minimum Gasteiger partial charge on any atom is -0.497 e. The Morgan fingerprint density at radius 1 is 1.20 bits per heavy atom. The zero-order valence-electron chi connectivity index (χ0n) is 14.3. The molecule has 25 heavy (non-hydrogen) atoms. The summed E-state index contributed by atoms with van der Waals surface area (Å²) in [6.45, 7) is 0.985. The van der Waals surface area contributed by atoms with Crippen LogP contribution in [0.4, 0.5) is 5.69 Å². The summed E-state index contributed by atoms with van der Waals surface area (Å²) >= 11 is 0. The fourth-order valence-electron chi connectivity index (χ4n) is 3.42. The number of nitrogens with zero attached hydrogens (tertiary/aromatic N) is 2. The van der Waals surface area contributed by atoms with Crippen LogP contribution in [-0.4, -0.2) is 63.4 Å². The van der Waals surface area contributed by atoms with Gasteiger partial charge in [-0.1, -0.05) is 0 Å². The first-order chi connectivity index (χ1) is 11.8. The molecule has 2 atom stereocenters. The van der Waals surface area contributed by atoms with Crippen LogP contribution in [0.3, 0.4) is 0 Å². The molecule has 0 bridgehead atoms. The standard InChI is InChI=1S/C17H22N2O5S/c1-24-14-5-3-13(4-6-14)19-10-12(9-16(19)20)17(21)18-8-7-15(11-18)25(2,22)23/h3-6,12,15H,7-11H2,1-2H3. The lowest BCUT2D eigenvalue weighted by atomic mass is 10.1. The number of methoxy groups -OCH3 is 1. The van der Waals surface area contributed by atoms with Gasteiger partial charge in [-0.15, -0.1) is 0 Å². The molecule has 2 heterocycles. The second kappa shape index (κ2) is 6.67. The van der Waals surface area contributed by atoms with Gasteiger partial charge in [-0.2, -0.15) is 0 Å². The Balaban J connectivity index is 1.67. The highest BCUT2D eigenvalue weighted by Gasteiger charge is 2.40. The fraction of sp³-hybridized carbons (Fsp3) is 0.529. The zero-order chi connectivity index (χ0) is 18.2. The van der Waals surface area contributed by atoms with Crippen molar-refractivity contribution in [2.75, 3.05) is 37.9 Å². The smallest absolute Gasteiger partial charge is 0.228 e. The summed E-state index contributed by atoms with van der Waals surface area (Å²) in [6, 6.07) is 7.13. The molecule has 3 rings (SSSR count). The largest absolute Gasteiger partial charge is 0.497 e. The first-order valence-electron chi connectivity index (χ1n) is 8.21. The van der Waals surface area contributed by atoms with Gasteiger partial charge in [0.25, 0.3) is 0 Å². The molecule has 7 nitrogen and oxygen atoms in total. The molecule has 2 unspecified atom stereocenters. The van der Waals surface area contributed by atoms with Crippen molar-refractivity contribution in [3.05, 3.63) is 24.3 Å². The minimum absolute atomic E-state index is 0.0950. The van der Waals surface area contributed by atoms with Crippen molar-refractivity contribution in [3.8, 4) is 5.75 Å². The Labute approximate surface area is 147 Å². The normalized spacial score (nSPS) is 24.0. The number of hydrogen-bond acceptors (Lipinski definition) is 5. The highest BCUT2D eigenvalue weighted by Crippen LogP contribution is 2.29. The molecule has 0 saturated carbocycles. The molecule has 0 radical (unpaired) electrons. The van der Waals surface area contributed by atoms with E-state index in [1.807, 2.05) is 0 Å². The van der Waals surface area contributed by atoms with Crippen LogP contribution in [0.5, 0.6) is 5.75 Å².